The average molecular weight is 439 g/mol. The van der Waals surface area contributed by atoms with Crippen molar-refractivity contribution in [2.75, 3.05) is 11.4 Å². The summed E-state index contributed by atoms with van der Waals surface area (Å²) in [4.78, 5) is 6.81. The fourth-order valence-corrected chi connectivity index (χ4v) is 5.32. The van der Waals surface area contributed by atoms with Gasteiger partial charge in [-0.3, -0.25) is 4.98 Å². The molecule has 1 aliphatic heterocycles. The van der Waals surface area contributed by atoms with Gasteiger partial charge in [0.25, 0.3) is 0 Å². The van der Waals surface area contributed by atoms with Gasteiger partial charge in [0.2, 0.25) is 0 Å². The normalized spacial score (nSPS) is 24.7. The number of pyridine rings is 1. The third-order valence-corrected chi connectivity index (χ3v) is 6.85. The van der Waals surface area contributed by atoms with Crippen LogP contribution in [0.2, 0.25) is 0 Å². The van der Waals surface area contributed by atoms with Gasteiger partial charge in [0.05, 0.1) is 5.69 Å². The number of nitrogens with zero attached hydrogens (tertiary/aromatic N) is 4. The maximum absolute atomic E-state index is 14.2. The van der Waals surface area contributed by atoms with Crippen LogP contribution in [0.1, 0.15) is 24.1 Å². The Morgan fingerprint density at radius 3 is 2.69 bits per heavy atom. The van der Waals surface area contributed by atoms with E-state index in [2.05, 4.69) is 33.1 Å². The van der Waals surface area contributed by atoms with E-state index in [-0.39, 0.29) is 23.3 Å². The third kappa shape index (κ3) is 3.72. The summed E-state index contributed by atoms with van der Waals surface area (Å²) in [6, 6.07) is 9.10. The zero-order chi connectivity index (χ0) is 22.4. The smallest absolute Gasteiger partial charge is 0.168 e. The van der Waals surface area contributed by atoms with E-state index < -0.39 is 17.5 Å². The van der Waals surface area contributed by atoms with Gasteiger partial charge in [-0.25, -0.2) is 13.2 Å². The Labute approximate surface area is 184 Å². The van der Waals surface area contributed by atoms with Gasteiger partial charge in [0.1, 0.15) is 5.82 Å². The van der Waals surface area contributed by atoms with Crippen LogP contribution in [0.4, 0.5) is 19.0 Å². The average Bonchev–Trinajstić information content (AvgIpc) is 3.29. The lowest BCUT2D eigenvalue weighted by molar-refractivity contribution is 0.414. The largest absolute Gasteiger partial charge is 0.351 e. The predicted molar refractivity (Wildman–Crippen MR) is 115 cm³/mol. The van der Waals surface area contributed by atoms with Crippen molar-refractivity contribution in [2.45, 2.75) is 38.3 Å². The van der Waals surface area contributed by atoms with Crippen LogP contribution in [-0.2, 0) is 6.42 Å². The number of aryl methyl sites for hydroxylation is 1. The summed E-state index contributed by atoms with van der Waals surface area (Å²) in [5.41, 5.74) is 8.29. The number of hydrogen-bond acceptors (Lipinski definition) is 5. The van der Waals surface area contributed by atoms with Gasteiger partial charge in [-0.15, -0.1) is 10.2 Å². The molecule has 5 nitrogen and oxygen atoms in total. The summed E-state index contributed by atoms with van der Waals surface area (Å²) in [5.74, 6) is -1.69. The van der Waals surface area contributed by atoms with Crippen LogP contribution in [0.3, 0.4) is 0 Å². The fourth-order valence-electron chi connectivity index (χ4n) is 5.32. The first-order valence-corrected chi connectivity index (χ1v) is 10.8. The highest BCUT2D eigenvalue weighted by Gasteiger charge is 2.47. The lowest BCUT2D eigenvalue weighted by Crippen LogP contribution is -2.37. The van der Waals surface area contributed by atoms with E-state index in [9.17, 15) is 13.2 Å². The summed E-state index contributed by atoms with van der Waals surface area (Å²) in [5, 5.41) is 8.41. The van der Waals surface area contributed by atoms with E-state index in [4.69, 9.17) is 5.73 Å². The highest BCUT2D eigenvalue weighted by atomic mass is 19.2. The Balaban J connectivity index is 1.46. The summed E-state index contributed by atoms with van der Waals surface area (Å²) in [6.07, 6.45) is 4.50. The molecule has 1 aliphatic carbocycles. The number of fused-ring (bicyclic) bond motifs is 1. The van der Waals surface area contributed by atoms with Crippen molar-refractivity contribution in [1.82, 2.24) is 15.2 Å². The van der Waals surface area contributed by atoms with Gasteiger partial charge >= 0.3 is 0 Å². The van der Waals surface area contributed by atoms with Crippen molar-refractivity contribution in [1.29, 1.82) is 0 Å². The highest BCUT2D eigenvalue weighted by Crippen LogP contribution is 2.44. The fraction of sp³-hybridized carbons (Fsp3) is 0.375. The second-order valence-corrected chi connectivity index (χ2v) is 8.87. The maximum atomic E-state index is 14.2. The second kappa shape index (κ2) is 8.16. The minimum atomic E-state index is -1.25. The molecule has 32 heavy (non-hydrogen) atoms. The first-order chi connectivity index (χ1) is 15.4. The Morgan fingerprint density at radius 2 is 1.94 bits per heavy atom. The van der Waals surface area contributed by atoms with E-state index in [0.717, 1.165) is 43.1 Å². The lowest BCUT2D eigenvalue weighted by Gasteiger charge is -2.29. The quantitative estimate of drug-likeness (QED) is 0.622. The van der Waals surface area contributed by atoms with Crippen LogP contribution in [0.15, 0.2) is 42.6 Å². The molecule has 0 unspecified atom stereocenters. The number of halogens is 3. The molecule has 5 rings (SSSR count). The number of benzene rings is 1. The van der Waals surface area contributed by atoms with Gasteiger partial charge in [-0.1, -0.05) is 6.07 Å². The van der Waals surface area contributed by atoms with Crippen molar-refractivity contribution >= 4 is 5.82 Å². The van der Waals surface area contributed by atoms with Gasteiger partial charge < -0.3 is 10.6 Å². The number of anilines is 1. The molecule has 2 aromatic heterocycles. The summed E-state index contributed by atoms with van der Waals surface area (Å²) in [6.45, 7) is 2.87. The van der Waals surface area contributed by atoms with Crippen molar-refractivity contribution in [3.8, 4) is 11.3 Å². The van der Waals surface area contributed by atoms with Gasteiger partial charge in [0, 0.05) is 48.6 Å². The molecule has 166 valence electrons. The number of aromatic nitrogens is 3. The van der Waals surface area contributed by atoms with Crippen molar-refractivity contribution in [2.24, 2.45) is 17.6 Å². The van der Waals surface area contributed by atoms with Gasteiger partial charge in [-0.2, -0.15) is 0 Å². The minimum Gasteiger partial charge on any atom is -0.351 e. The Hall–Kier alpha value is -3.00. The molecule has 1 saturated carbocycles. The first-order valence-electron chi connectivity index (χ1n) is 10.8. The molecule has 1 saturated heterocycles. The van der Waals surface area contributed by atoms with Crippen molar-refractivity contribution in [3.63, 3.8) is 0 Å². The molecule has 0 radical (unpaired) electrons. The molecular formula is C24H24F3N5. The molecule has 0 spiro atoms. The third-order valence-electron chi connectivity index (χ3n) is 6.85. The highest BCUT2D eigenvalue weighted by molar-refractivity contribution is 5.61. The number of rotatable bonds is 4. The van der Waals surface area contributed by atoms with Crippen LogP contribution in [0.25, 0.3) is 11.3 Å². The van der Waals surface area contributed by atoms with E-state index in [1.54, 1.807) is 18.3 Å². The van der Waals surface area contributed by atoms with Crippen LogP contribution in [0, 0.1) is 36.2 Å². The van der Waals surface area contributed by atoms with Gasteiger partial charge in [-0.05, 0) is 61.4 Å². The molecule has 1 aromatic carbocycles. The maximum Gasteiger partial charge on any atom is 0.168 e. The van der Waals surface area contributed by atoms with E-state index in [1.165, 1.54) is 0 Å². The molecule has 3 heterocycles. The topological polar surface area (TPSA) is 67.9 Å². The zero-order valence-electron chi connectivity index (χ0n) is 17.7. The van der Waals surface area contributed by atoms with E-state index in [1.807, 2.05) is 6.07 Å². The number of nitrogens with two attached hydrogens (primary N) is 1. The van der Waals surface area contributed by atoms with Crippen LogP contribution >= 0.6 is 0 Å². The van der Waals surface area contributed by atoms with Crippen molar-refractivity contribution in [3.05, 3.63) is 71.3 Å². The Bertz CT molecular complexity index is 1140. The Kier molecular flexibility index (Phi) is 5.33. The molecule has 2 aliphatic rings. The molecule has 8 heteroatoms. The van der Waals surface area contributed by atoms with E-state index in [0.29, 0.717) is 23.7 Å². The minimum absolute atomic E-state index is 0.0863. The Morgan fingerprint density at radius 1 is 1.09 bits per heavy atom. The standard InChI is InChI=1S/C24H24F3N5/c1-13-3-2-6-29-21(13)11-22-17-10-16(28)7-14(17)12-32(22)23-5-4-20(30-31-23)18-8-15(25)9-19(26)24(18)27/h2-6,8-9,14,16-17,22H,7,10-12,28H2,1H3/t14-,16+,17+,22+/m1/s1. The molecule has 0 bridgehead atoms. The lowest BCUT2D eigenvalue weighted by atomic mass is 9.90. The van der Waals surface area contributed by atoms with Crippen LogP contribution < -0.4 is 10.6 Å². The first kappa shape index (κ1) is 20.9. The monoisotopic (exact) mass is 439 g/mol. The summed E-state index contributed by atoms with van der Waals surface area (Å²) in [7, 11) is 0. The van der Waals surface area contributed by atoms with E-state index >= 15 is 0 Å². The zero-order valence-corrected chi connectivity index (χ0v) is 17.7. The molecule has 2 fully saturated rings. The SMILES string of the molecule is Cc1cccnc1C[C@H]1[C@H]2C[C@@H](N)C[C@@H]2CN1c1ccc(-c2cc(F)cc(F)c2F)nn1. The summed E-state index contributed by atoms with van der Waals surface area (Å²) < 4.78 is 41.4. The molecule has 3 aromatic rings. The van der Waals surface area contributed by atoms with Crippen LogP contribution in [0.5, 0.6) is 0 Å². The van der Waals surface area contributed by atoms with Gasteiger partial charge in [0.15, 0.2) is 17.5 Å². The van der Waals surface area contributed by atoms with Crippen molar-refractivity contribution < 1.29 is 13.2 Å². The second-order valence-electron chi connectivity index (χ2n) is 8.87. The molecule has 2 N–H and O–H groups in total. The number of hydrogen-bond donors (Lipinski definition) is 1. The van der Waals surface area contributed by atoms with Crippen LogP contribution in [-0.4, -0.2) is 33.8 Å². The predicted octanol–water partition coefficient (Wildman–Crippen LogP) is 4.05. The molecule has 0 amide bonds. The summed E-state index contributed by atoms with van der Waals surface area (Å²) >= 11 is 0. The molecular weight excluding hydrogens is 415 g/mol. The molecule has 4 atom stereocenters.